The number of aromatic nitrogens is 2. The monoisotopic (exact) mass is 1730 g/mol. The van der Waals surface area contributed by atoms with Gasteiger partial charge in [-0.25, -0.2) is 0 Å². The maximum atomic E-state index is 5.36. The standard InChI is InChI=1S/C23H35N.C18H27N.C17H25N.C16H25N.C15H23NO.C15H23N.C13H23N3/c1-23(2,3)19-11-9-17(10-12-19)18-15-21-13-14-22(16-18)24(21)20-7-5-4-6-8-20;1-18(2,3)15-7-5-13(6-8-15)14-11-16-9-10-17(12-14)19(16)4;1-17(2,3)14-6-4-12(5-7-14)13-10-15-8-9-16(11-13)18-15;1-16(2,3)15-8-6-14(7-9-15)13-5-4-11-17-12-10-13;1-15(2,3)14-6-4-13(5-7-14)12-16-8-10-17-11-9-16;1-15(2,3)14-6-4-12(5-7-14)13-8-10-16-11-9-13;1-13(2,3)11-9-14-16(10-11)12-5-7-15(4)8-6-12/h9-12,18,20-22H,4-8,13-16H2,1-3H3;5-8,14,16-17H,9-12H2,1-4H3;4-7,13,15-16,18H,8-11H2,1-3H3;6-9,13,17H,4-5,10-12H2,1-3H3;4-7H,8-12H2,1-3H3;4-7,13,16H,8-11H2,1-3H3;9-10,12H,5-8H2,1-4H3/t18?,21-,22+;14?,16-,17+;13?,15-,16+;;;;. The molecule has 10 nitrogen and oxygen atoms in total. The van der Waals surface area contributed by atoms with Gasteiger partial charge in [-0.1, -0.05) is 310 Å². The van der Waals surface area contributed by atoms with Crippen molar-refractivity contribution < 1.29 is 4.74 Å². The van der Waals surface area contributed by atoms with Crippen molar-refractivity contribution >= 4 is 0 Å². The van der Waals surface area contributed by atoms with Crippen molar-refractivity contribution in [1.82, 2.24) is 45.3 Å². The van der Waals surface area contributed by atoms with Crippen LogP contribution < -0.4 is 16.0 Å². The Balaban J connectivity index is 0.000000135. The zero-order valence-electron chi connectivity index (χ0n) is 84.9. The number of likely N-dealkylation sites (tertiary alicyclic amines) is 1. The Morgan fingerprint density at radius 3 is 1.02 bits per heavy atom. The third-order valence-electron chi connectivity index (χ3n) is 31.4. The predicted molar refractivity (Wildman–Crippen MR) is 544 cm³/mol. The number of hydrogen-bond acceptors (Lipinski definition) is 9. The Hall–Kier alpha value is -5.79. The maximum absolute atomic E-state index is 5.36. The molecule has 1 saturated carbocycles. The Kier molecular flexibility index (Phi) is 35.4. The van der Waals surface area contributed by atoms with Crippen molar-refractivity contribution in [2.24, 2.45) is 0 Å². The zero-order valence-corrected chi connectivity index (χ0v) is 84.9. The number of fused-ring (bicyclic) bond motifs is 6. The molecule has 0 amide bonds. The SMILES string of the molecule is CC(C)(C)c1ccc(C2CCCNCC2)cc1.CC(C)(C)c1ccc(C2CCNCC2)cc1.CC(C)(C)c1ccc(C2C[C@H]3CC[C@@H](C2)N3)cc1.CC(C)(C)c1ccc(C2C[C@H]3CC[C@@H](C2)N3C2CCCCC2)cc1.CC(C)(C)c1ccc(CN2CCOCC2)cc1.CN1CCC(n2cc(C(C)(C)C)cn2)CC1.CN1[C@@H]2CC[C@H]1CC(c1ccc(C(C)(C)C)cc1)C2. The number of benzene rings is 6. The second kappa shape index (κ2) is 44.8. The van der Waals surface area contributed by atoms with Gasteiger partial charge in [0.2, 0.25) is 0 Å². The van der Waals surface area contributed by atoms with Gasteiger partial charge in [-0.3, -0.25) is 14.5 Å². The molecule has 18 rings (SSSR count). The van der Waals surface area contributed by atoms with E-state index in [1.54, 1.807) is 16.7 Å². The van der Waals surface area contributed by atoms with E-state index >= 15 is 0 Å². The number of nitrogens with one attached hydrogen (secondary N) is 3. The summed E-state index contributed by atoms with van der Waals surface area (Å²) in [5.41, 5.74) is 21.0. The van der Waals surface area contributed by atoms with Crippen LogP contribution in [-0.4, -0.2) is 151 Å². The Bertz CT molecular complexity index is 4280. The first-order valence-corrected chi connectivity index (χ1v) is 51.5. The lowest BCUT2D eigenvalue weighted by Gasteiger charge is -2.45. The van der Waals surface area contributed by atoms with Gasteiger partial charge in [-0.2, -0.15) is 5.10 Å². The lowest BCUT2D eigenvalue weighted by Crippen LogP contribution is -2.49. The molecule has 700 valence electrons. The highest BCUT2D eigenvalue weighted by molar-refractivity contribution is 5.36. The van der Waals surface area contributed by atoms with Gasteiger partial charge in [0.05, 0.1) is 25.5 Å². The van der Waals surface area contributed by atoms with E-state index in [0.29, 0.717) is 6.04 Å². The van der Waals surface area contributed by atoms with E-state index in [2.05, 4.69) is 357 Å². The average Bonchev–Trinajstić information content (AvgIpc) is 1.62. The lowest BCUT2D eigenvalue weighted by molar-refractivity contribution is 0.0342. The number of morpholine rings is 1. The van der Waals surface area contributed by atoms with Crippen LogP contribution in [0.2, 0.25) is 0 Å². The molecule has 11 fully saturated rings. The highest BCUT2D eigenvalue weighted by atomic mass is 16.5. The van der Waals surface area contributed by atoms with E-state index in [4.69, 9.17) is 4.74 Å². The van der Waals surface area contributed by atoms with Crippen LogP contribution in [-0.2, 0) is 49.2 Å². The largest absolute Gasteiger partial charge is 0.379 e. The number of hydrogen-bond donors (Lipinski definition) is 3. The number of piperidine rings is 5. The summed E-state index contributed by atoms with van der Waals surface area (Å²) >= 11 is 0. The van der Waals surface area contributed by atoms with Crippen molar-refractivity contribution in [2.75, 3.05) is 79.7 Å². The van der Waals surface area contributed by atoms with Gasteiger partial charge in [-0.15, -0.1) is 0 Å². The fourth-order valence-electron chi connectivity index (χ4n) is 22.6. The van der Waals surface area contributed by atoms with Crippen LogP contribution in [0.25, 0.3) is 0 Å². The molecule has 10 saturated heterocycles. The molecule has 0 spiro atoms. The molecule has 10 heteroatoms. The van der Waals surface area contributed by atoms with E-state index in [0.717, 1.165) is 105 Å². The first-order valence-electron chi connectivity index (χ1n) is 51.5. The molecule has 1 aromatic heterocycles. The molecule has 6 bridgehead atoms. The third-order valence-corrected chi connectivity index (χ3v) is 31.4. The van der Waals surface area contributed by atoms with E-state index in [1.165, 1.54) is 249 Å². The molecule has 11 heterocycles. The maximum Gasteiger partial charge on any atom is 0.0594 e. The van der Waals surface area contributed by atoms with Crippen LogP contribution in [0.3, 0.4) is 0 Å². The average molecular weight is 1730 g/mol. The van der Waals surface area contributed by atoms with Crippen molar-refractivity contribution in [3.8, 4) is 0 Å². The first kappa shape index (κ1) is 100. The van der Waals surface area contributed by atoms with Gasteiger partial charge in [-0.05, 0) is 328 Å². The molecule has 127 heavy (non-hydrogen) atoms. The fraction of sp³-hybridized carbons (Fsp3) is 0.667. The van der Waals surface area contributed by atoms with Crippen molar-refractivity contribution in [3.63, 3.8) is 0 Å². The van der Waals surface area contributed by atoms with Crippen molar-refractivity contribution in [1.29, 1.82) is 0 Å². The minimum atomic E-state index is 0.212. The molecular weight excluding hydrogens is 1550 g/mol. The Labute approximate surface area is 777 Å². The summed E-state index contributed by atoms with van der Waals surface area (Å²) in [6.07, 6.45) is 37.3. The minimum Gasteiger partial charge on any atom is -0.379 e. The molecule has 10 atom stereocenters. The normalized spacial score (nSPS) is 25.6. The smallest absolute Gasteiger partial charge is 0.0594 e. The second-order valence-electron chi connectivity index (χ2n) is 48.4. The number of ether oxygens (including phenoxy) is 1. The third kappa shape index (κ3) is 29.4. The van der Waals surface area contributed by atoms with Gasteiger partial charge in [0, 0.05) is 68.1 Å². The van der Waals surface area contributed by atoms with E-state index in [-0.39, 0.29) is 37.9 Å². The molecular formula is C117H181N9O. The topological polar surface area (TPSA) is 76.1 Å². The molecule has 11 aliphatic rings. The molecule has 10 aliphatic heterocycles. The van der Waals surface area contributed by atoms with E-state index in [1.807, 2.05) is 6.20 Å². The van der Waals surface area contributed by atoms with Crippen molar-refractivity contribution in [2.45, 2.75) is 422 Å². The van der Waals surface area contributed by atoms with Crippen LogP contribution in [0.1, 0.15) is 407 Å². The molecule has 7 aromatic rings. The molecule has 3 N–H and O–H groups in total. The molecule has 6 aromatic carbocycles. The van der Waals surface area contributed by atoms with Crippen LogP contribution >= 0.6 is 0 Å². The van der Waals surface area contributed by atoms with Gasteiger partial charge >= 0.3 is 0 Å². The summed E-state index contributed by atoms with van der Waals surface area (Å²) < 4.78 is 7.53. The lowest BCUT2D eigenvalue weighted by atomic mass is 9.81. The summed E-state index contributed by atoms with van der Waals surface area (Å²) in [6, 6.07) is 62.6. The molecule has 1 aliphatic carbocycles. The van der Waals surface area contributed by atoms with Crippen molar-refractivity contribution in [3.05, 3.63) is 230 Å². The Morgan fingerprint density at radius 1 is 0.307 bits per heavy atom. The van der Waals surface area contributed by atoms with Gasteiger partial charge in [0.25, 0.3) is 0 Å². The summed E-state index contributed by atoms with van der Waals surface area (Å²) in [5.74, 6) is 3.92. The fourth-order valence-corrected chi connectivity index (χ4v) is 22.6. The number of rotatable bonds is 9. The predicted octanol–water partition coefficient (Wildman–Crippen LogP) is 26.9. The summed E-state index contributed by atoms with van der Waals surface area (Å²) in [6.45, 7) is 59.8. The minimum absolute atomic E-state index is 0.212. The van der Waals surface area contributed by atoms with Crippen LogP contribution in [0.15, 0.2) is 158 Å². The summed E-state index contributed by atoms with van der Waals surface area (Å²) in [4.78, 5) is 10.5. The van der Waals surface area contributed by atoms with Gasteiger partial charge in [0.1, 0.15) is 0 Å². The van der Waals surface area contributed by atoms with Gasteiger partial charge < -0.3 is 30.5 Å². The summed E-state index contributed by atoms with van der Waals surface area (Å²) in [7, 11) is 4.52. The van der Waals surface area contributed by atoms with Crippen LogP contribution in [0.5, 0.6) is 0 Å². The van der Waals surface area contributed by atoms with E-state index < -0.39 is 0 Å². The second-order valence-corrected chi connectivity index (χ2v) is 48.4. The highest BCUT2D eigenvalue weighted by Crippen LogP contribution is 2.48. The molecule has 0 radical (unpaired) electrons. The first-order chi connectivity index (χ1) is 60.2. The zero-order chi connectivity index (χ0) is 91.1. The summed E-state index contributed by atoms with van der Waals surface area (Å²) in [5, 5.41) is 15.2. The molecule has 4 unspecified atom stereocenters. The van der Waals surface area contributed by atoms with Gasteiger partial charge in [0.15, 0.2) is 0 Å². The Morgan fingerprint density at radius 2 is 0.646 bits per heavy atom. The van der Waals surface area contributed by atoms with Crippen LogP contribution in [0, 0.1) is 0 Å². The van der Waals surface area contributed by atoms with Crippen LogP contribution in [0.4, 0.5) is 0 Å². The number of nitrogens with zero attached hydrogens (tertiary/aromatic N) is 6. The van der Waals surface area contributed by atoms with E-state index in [9.17, 15) is 0 Å². The highest BCUT2D eigenvalue weighted by Gasteiger charge is 2.45. The quantitative estimate of drug-likeness (QED) is 0.131.